The Bertz CT molecular complexity index is 1070. The number of nitriles is 1. The summed E-state index contributed by atoms with van der Waals surface area (Å²) in [6, 6.07) is 18.2. The summed E-state index contributed by atoms with van der Waals surface area (Å²) < 4.78 is 12.9. The number of rotatable bonds is 6. The molecule has 3 aromatic rings. The second kappa shape index (κ2) is 8.69. The molecule has 0 aliphatic heterocycles. The standard InChI is InChI=1S/C22H18FN3O2/c23-17-9-7-15(8-10-17)11-12-25-14-16(13-24)22(28)26-20-5-1-4-19-18(20)3-2-6-21(19)27/h1-10,14,25,27H,11-12H2,(H,26,28)/b16-14-. The van der Waals surface area contributed by atoms with Crippen LogP contribution in [0.15, 0.2) is 72.4 Å². The molecule has 6 heteroatoms. The second-order valence-electron chi connectivity index (χ2n) is 6.13. The van der Waals surface area contributed by atoms with Gasteiger partial charge in [-0.2, -0.15) is 5.26 Å². The number of carbonyl (C=O) groups excluding carboxylic acids is 1. The number of carbonyl (C=O) groups is 1. The van der Waals surface area contributed by atoms with Crippen LogP contribution in [0.5, 0.6) is 5.75 Å². The maximum Gasteiger partial charge on any atom is 0.267 e. The fraction of sp³-hybridized carbons (Fsp3) is 0.0909. The zero-order valence-corrected chi connectivity index (χ0v) is 14.9. The minimum Gasteiger partial charge on any atom is -0.507 e. The Morgan fingerprint density at radius 1 is 1.07 bits per heavy atom. The maximum atomic E-state index is 12.9. The van der Waals surface area contributed by atoms with Crippen molar-refractivity contribution in [3.8, 4) is 11.8 Å². The summed E-state index contributed by atoms with van der Waals surface area (Å²) in [5.41, 5.74) is 1.38. The molecule has 0 heterocycles. The van der Waals surface area contributed by atoms with Gasteiger partial charge in [0.05, 0.1) is 0 Å². The minimum absolute atomic E-state index is 0.0729. The molecule has 3 rings (SSSR count). The molecule has 0 saturated carbocycles. The summed E-state index contributed by atoms with van der Waals surface area (Å²) in [4.78, 5) is 12.4. The molecule has 0 unspecified atom stereocenters. The largest absolute Gasteiger partial charge is 0.507 e. The molecule has 140 valence electrons. The van der Waals surface area contributed by atoms with Gasteiger partial charge in [0.2, 0.25) is 0 Å². The average Bonchev–Trinajstić information content (AvgIpc) is 2.70. The van der Waals surface area contributed by atoms with Crippen molar-refractivity contribution in [2.24, 2.45) is 0 Å². The van der Waals surface area contributed by atoms with Crippen molar-refractivity contribution in [3.05, 3.63) is 83.8 Å². The fourth-order valence-corrected chi connectivity index (χ4v) is 2.78. The van der Waals surface area contributed by atoms with Crippen molar-refractivity contribution in [1.29, 1.82) is 5.26 Å². The van der Waals surface area contributed by atoms with Crippen molar-refractivity contribution in [2.45, 2.75) is 6.42 Å². The van der Waals surface area contributed by atoms with Crippen molar-refractivity contribution < 1.29 is 14.3 Å². The van der Waals surface area contributed by atoms with E-state index < -0.39 is 5.91 Å². The number of benzene rings is 3. The lowest BCUT2D eigenvalue weighted by Crippen LogP contribution is -2.18. The van der Waals surface area contributed by atoms with Crippen LogP contribution < -0.4 is 10.6 Å². The van der Waals surface area contributed by atoms with E-state index in [0.29, 0.717) is 29.4 Å². The predicted octanol–water partition coefficient (Wildman–Crippen LogP) is 3.86. The second-order valence-corrected chi connectivity index (χ2v) is 6.13. The van der Waals surface area contributed by atoms with Gasteiger partial charge in [0.25, 0.3) is 5.91 Å². The van der Waals surface area contributed by atoms with Gasteiger partial charge in [-0.25, -0.2) is 4.39 Å². The Hall–Kier alpha value is -3.85. The van der Waals surface area contributed by atoms with Crippen LogP contribution in [-0.2, 0) is 11.2 Å². The number of nitrogens with zero attached hydrogens (tertiary/aromatic N) is 1. The van der Waals surface area contributed by atoms with E-state index >= 15 is 0 Å². The van der Waals surface area contributed by atoms with Crippen LogP contribution >= 0.6 is 0 Å². The van der Waals surface area contributed by atoms with Crippen molar-refractivity contribution >= 4 is 22.4 Å². The average molecular weight is 375 g/mol. The fourth-order valence-electron chi connectivity index (χ4n) is 2.78. The molecule has 28 heavy (non-hydrogen) atoms. The molecule has 3 N–H and O–H groups in total. The third-order valence-electron chi connectivity index (χ3n) is 4.23. The van der Waals surface area contributed by atoms with E-state index in [2.05, 4.69) is 10.6 Å². The maximum absolute atomic E-state index is 12.9. The highest BCUT2D eigenvalue weighted by Gasteiger charge is 2.11. The molecule has 0 saturated heterocycles. The number of nitrogens with one attached hydrogen (secondary N) is 2. The molecular weight excluding hydrogens is 357 g/mol. The van der Waals surface area contributed by atoms with Crippen molar-refractivity contribution in [2.75, 3.05) is 11.9 Å². The minimum atomic E-state index is -0.548. The van der Waals surface area contributed by atoms with Gasteiger partial charge >= 0.3 is 0 Å². The van der Waals surface area contributed by atoms with Crippen LogP contribution in [-0.4, -0.2) is 17.6 Å². The Labute approximate surface area is 161 Å². The monoisotopic (exact) mass is 375 g/mol. The number of aromatic hydroxyl groups is 1. The summed E-state index contributed by atoms with van der Waals surface area (Å²) >= 11 is 0. The number of phenols is 1. The lowest BCUT2D eigenvalue weighted by molar-refractivity contribution is -0.112. The zero-order chi connectivity index (χ0) is 19.9. The van der Waals surface area contributed by atoms with E-state index in [1.807, 2.05) is 6.07 Å². The number of amides is 1. The van der Waals surface area contributed by atoms with Gasteiger partial charge in [0.1, 0.15) is 23.2 Å². The summed E-state index contributed by atoms with van der Waals surface area (Å²) in [6.07, 6.45) is 1.99. The smallest absolute Gasteiger partial charge is 0.267 e. The van der Waals surface area contributed by atoms with Gasteiger partial charge in [-0.05, 0) is 36.2 Å². The molecule has 0 aliphatic rings. The van der Waals surface area contributed by atoms with Crippen LogP contribution in [0, 0.1) is 17.1 Å². The van der Waals surface area contributed by atoms with E-state index in [4.69, 9.17) is 0 Å². The van der Waals surface area contributed by atoms with Gasteiger partial charge in [0.15, 0.2) is 0 Å². The van der Waals surface area contributed by atoms with Crippen LogP contribution in [0.25, 0.3) is 10.8 Å². The third-order valence-corrected chi connectivity index (χ3v) is 4.23. The lowest BCUT2D eigenvalue weighted by Gasteiger charge is -2.09. The number of hydrogen-bond acceptors (Lipinski definition) is 4. The van der Waals surface area contributed by atoms with E-state index in [1.54, 1.807) is 48.5 Å². The lowest BCUT2D eigenvalue weighted by atomic mass is 10.1. The van der Waals surface area contributed by atoms with Crippen molar-refractivity contribution in [1.82, 2.24) is 5.32 Å². The SMILES string of the molecule is N#C/C(=C/NCCc1ccc(F)cc1)C(=O)Nc1cccc2c(O)cccc12. The summed E-state index contributed by atoms with van der Waals surface area (Å²) in [5, 5.41) is 26.1. The van der Waals surface area contributed by atoms with E-state index in [-0.39, 0.29) is 17.1 Å². The molecule has 0 bridgehead atoms. The van der Waals surface area contributed by atoms with E-state index in [9.17, 15) is 19.6 Å². The Morgan fingerprint density at radius 2 is 1.79 bits per heavy atom. The number of hydrogen-bond donors (Lipinski definition) is 3. The third kappa shape index (κ3) is 4.46. The van der Waals surface area contributed by atoms with Crippen LogP contribution in [0.2, 0.25) is 0 Å². The quantitative estimate of drug-likeness (QED) is 0.347. The van der Waals surface area contributed by atoms with E-state index in [1.165, 1.54) is 18.3 Å². The number of halogens is 1. The topological polar surface area (TPSA) is 85.2 Å². The first-order chi connectivity index (χ1) is 13.6. The number of fused-ring (bicyclic) bond motifs is 1. The molecule has 5 nitrogen and oxygen atoms in total. The molecule has 0 aliphatic carbocycles. The van der Waals surface area contributed by atoms with Crippen LogP contribution in [0.3, 0.4) is 0 Å². The molecule has 0 aromatic heterocycles. The molecule has 0 fully saturated rings. The Morgan fingerprint density at radius 3 is 2.54 bits per heavy atom. The molecule has 3 aromatic carbocycles. The first-order valence-corrected chi connectivity index (χ1v) is 8.68. The van der Waals surface area contributed by atoms with Gasteiger partial charge in [0, 0.05) is 29.2 Å². The summed E-state index contributed by atoms with van der Waals surface area (Å²) in [7, 11) is 0. The Kier molecular flexibility index (Phi) is 5.87. The molecule has 0 radical (unpaired) electrons. The molecular formula is C22H18FN3O2. The molecule has 1 amide bonds. The summed E-state index contributed by atoms with van der Waals surface area (Å²) in [6.45, 7) is 0.492. The molecule has 0 atom stereocenters. The molecule has 0 spiro atoms. The van der Waals surface area contributed by atoms with Gasteiger partial charge < -0.3 is 15.7 Å². The zero-order valence-electron chi connectivity index (χ0n) is 14.9. The number of phenolic OH excluding ortho intramolecular Hbond substituents is 1. The van der Waals surface area contributed by atoms with Gasteiger partial charge in [-0.1, -0.05) is 36.4 Å². The highest BCUT2D eigenvalue weighted by Crippen LogP contribution is 2.29. The van der Waals surface area contributed by atoms with Crippen LogP contribution in [0.4, 0.5) is 10.1 Å². The van der Waals surface area contributed by atoms with Gasteiger partial charge in [-0.15, -0.1) is 0 Å². The van der Waals surface area contributed by atoms with Gasteiger partial charge in [-0.3, -0.25) is 4.79 Å². The predicted molar refractivity (Wildman–Crippen MR) is 106 cm³/mol. The highest BCUT2D eigenvalue weighted by molar-refractivity contribution is 6.11. The summed E-state index contributed by atoms with van der Waals surface area (Å²) in [5.74, 6) is -0.721. The van der Waals surface area contributed by atoms with Crippen molar-refractivity contribution in [3.63, 3.8) is 0 Å². The first kappa shape index (κ1) is 18.9. The first-order valence-electron chi connectivity index (χ1n) is 8.68. The highest BCUT2D eigenvalue weighted by atomic mass is 19.1. The van der Waals surface area contributed by atoms with Crippen LogP contribution in [0.1, 0.15) is 5.56 Å². The Balaban J connectivity index is 1.65. The van der Waals surface area contributed by atoms with E-state index in [0.717, 1.165) is 5.56 Å². The number of anilines is 1. The normalized spacial score (nSPS) is 11.1.